The topological polar surface area (TPSA) is 84.2 Å². The number of urea groups is 1. The van der Waals surface area contributed by atoms with Crippen LogP contribution in [0.5, 0.6) is 0 Å². The normalized spacial score (nSPS) is 16.4. The maximum Gasteiger partial charge on any atom is 0.312 e. The number of carbonyl (C=O) groups is 2. The zero-order chi connectivity index (χ0) is 15.2. The van der Waals surface area contributed by atoms with Gasteiger partial charge < -0.3 is 16.4 Å². The number of carbonyl (C=O) groups excluding carboxylic acids is 2. The first-order chi connectivity index (χ1) is 10.1. The van der Waals surface area contributed by atoms with E-state index in [1.54, 1.807) is 0 Å². The van der Waals surface area contributed by atoms with Gasteiger partial charge in [0.25, 0.3) is 0 Å². The number of nitrogens with one attached hydrogen (secondary N) is 2. The molecule has 4 N–H and O–H groups in total. The number of primary amides is 1. The van der Waals surface area contributed by atoms with E-state index >= 15 is 0 Å². The number of hydrogen-bond acceptors (Lipinski definition) is 2. The molecule has 0 heterocycles. The van der Waals surface area contributed by atoms with Gasteiger partial charge in [0, 0.05) is 6.04 Å². The third kappa shape index (κ3) is 4.48. The molecule has 5 heteroatoms. The highest BCUT2D eigenvalue weighted by Gasteiger charge is 2.22. The van der Waals surface area contributed by atoms with Crippen LogP contribution < -0.4 is 16.4 Å². The summed E-state index contributed by atoms with van der Waals surface area (Å²) < 4.78 is 0. The fourth-order valence-electron chi connectivity index (χ4n) is 2.93. The largest absolute Gasteiger partial charge is 0.353 e. The highest BCUT2D eigenvalue weighted by Crippen LogP contribution is 2.22. The Morgan fingerprint density at radius 2 is 1.95 bits per heavy atom. The average Bonchev–Trinajstić information content (AvgIpc) is 2.90. The standard InChI is InChI=1S/C16H23N3O2/c1-11-6-2-5-9-13(11)14(19-16(17)21)10-15(20)18-12-7-3-4-8-12/h2,5-6,9,12,14H,3-4,7-8,10H2,1H3,(H,18,20)(H3,17,19,21). The fraction of sp³-hybridized carbons (Fsp3) is 0.500. The van der Waals surface area contributed by atoms with Gasteiger partial charge in [0.05, 0.1) is 12.5 Å². The summed E-state index contributed by atoms with van der Waals surface area (Å²) >= 11 is 0. The van der Waals surface area contributed by atoms with Crippen LogP contribution in [0.3, 0.4) is 0 Å². The molecule has 1 aromatic rings. The van der Waals surface area contributed by atoms with Crippen LogP contribution in [-0.4, -0.2) is 18.0 Å². The molecule has 0 aromatic heterocycles. The number of amides is 3. The Morgan fingerprint density at radius 1 is 1.29 bits per heavy atom. The van der Waals surface area contributed by atoms with Gasteiger partial charge in [0.2, 0.25) is 5.91 Å². The van der Waals surface area contributed by atoms with Crippen LogP contribution in [0.2, 0.25) is 0 Å². The molecule has 114 valence electrons. The van der Waals surface area contributed by atoms with Gasteiger partial charge in [-0.3, -0.25) is 4.79 Å². The second kappa shape index (κ2) is 7.11. The molecule has 3 amide bonds. The molecule has 1 atom stereocenters. The Balaban J connectivity index is 2.04. The van der Waals surface area contributed by atoms with E-state index in [0.29, 0.717) is 0 Å². The second-order valence-electron chi connectivity index (χ2n) is 5.67. The molecular formula is C16H23N3O2. The van der Waals surface area contributed by atoms with Gasteiger partial charge in [-0.15, -0.1) is 0 Å². The fourth-order valence-corrected chi connectivity index (χ4v) is 2.93. The molecule has 5 nitrogen and oxygen atoms in total. The number of benzene rings is 1. The molecule has 0 bridgehead atoms. The first-order valence-electron chi connectivity index (χ1n) is 7.47. The maximum absolute atomic E-state index is 12.2. The number of hydrogen-bond donors (Lipinski definition) is 3. The van der Waals surface area contributed by atoms with Crippen molar-refractivity contribution >= 4 is 11.9 Å². The molecule has 1 aliphatic rings. The first kappa shape index (κ1) is 15.4. The van der Waals surface area contributed by atoms with Crippen molar-refractivity contribution in [2.75, 3.05) is 0 Å². The van der Waals surface area contributed by atoms with Crippen molar-refractivity contribution in [3.63, 3.8) is 0 Å². The molecule has 1 aliphatic carbocycles. The summed E-state index contributed by atoms with van der Waals surface area (Å²) in [4.78, 5) is 23.4. The second-order valence-corrected chi connectivity index (χ2v) is 5.67. The number of nitrogens with two attached hydrogens (primary N) is 1. The van der Waals surface area contributed by atoms with Gasteiger partial charge in [-0.1, -0.05) is 37.1 Å². The van der Waals surface area contributed by atoms with Crippen LogP contribution in [-0.2, 0) is 4.79 Å². The van der Waals surface area contributed by atoms with Gasteiger partial charge in [-0.05, 0) is 30.9 Å². The Hall–Kier alpha value is -2.04. The Kier molecular flexibility index (Phi) is 5.20. The lowest BCUT2D eigenvalue weighted by atomic mass is 9.98. The van der Waals surface area contributed by atoms with E-state index in [2.05, 4.69) is 10.6 Å². The van der Waals surface area contributed by atoms with Crippen LogP contribution in [0.25, 0.3) is 0 Å². The monoisotopic (exact) mass is 289 g/mol. The van der Waals surface area contributed by atoms with E-state index in [4.69, 9.17) is 5.73 Å². The Morgan fingerprint density at radius 3 is 2.57 bits per heavy atom. The smallest absolute Gasteiger partial charge is 0.312 e. The summed E-state index contributed by atoms with van der Waals surface area (Å²) in [5, 5.41) is 5.71. The lowest BCUT2D eigenvalue weighted by Crippen LogP contribution is -2.39. The maximum atomic E-state index is 12.2. The van der Waals surface area contributed by atoms with Crippen molar-refractivity contribution < 1.29 is 9.59 Å². The summed E-state index contributed by atoms with van der Waals surface area (Å²) in [7, 11) is 0. The summed E-state index contributed by atoms with van der Waals surface area (Å²) in [6.45, 7) is 1.96. The van der Waals surface area contributed by atoms with Crippen LogP contribution >= 0.6 is 0 Å². The van der Waals surface area contributed by atoms with Gasteiger partial charge >= 0.3 is 6.03 Å². The van der Waals surface area contributed by atoms with E-state index in [-0.39, 0.29) is 24.4 Å². The molecular weight excluding hydrogens is 266 g/mol. The summed E-state index contributed by atoms with van der Waals surface area (Å²) in [5.74, 6) is -0.0381. The van der Waals surface area contributed by atoms with Crippen molar-refractivity contribution in [1.29, 1.82) is 0 Å². The van der Waals surface area contributed by atoms with Crippen LogP contribution in [0.1, 0.15) is 49.3 Å². The van der Waals surface area contributed by atoms with E-state index in [9.17, 15) is 9.59 Å². The third-order valence-corrected chi connectivity index (χ3v) is 3.99. The molecule has 1 fully saturated rings. The molecule has 2 rings (SSSR count). The van der Waals surface area contributed by atoms with Gasteiger partial charge in [0.1, 0.15) is 0 Å². The SMILES string of the molecule is Cc1ccccc1C(CC(=O)NC1CCCC1)NC(N)=O. The molecule has 0 aliphatic heterocycles. The molecule has 0 radical (unpaired) electrons. The average molecular weight is 289 g/mol. The predicted molar refractivity (Wildman–Crippen MR) is 81.7 cm³/mol. The molecule has 1 saturated carbocycles. The van der Waals surface area contributed by atoms with Crippen LogP contribution in [0, 0.1) is 6.92 Å². The zero-order valence-electron chi connectivity index (χ0n) is 12.4. The summed E-state index contributed by atoms with van der Waals surface area (Å²) in [6.07, 6.45) is 4.65. The minimum atomic E-state index is -0.614. The number of rotatable bonds is 5. The minimum Gasteiger partial charge on any atom is -0.353 e. The number of aryl methyl sites for hydroxylation is 1. The van der Waals surface area contributed by atoms with Gasteiger partial charge in [0.15, 0.2) is 0 Å². The molecule has 1 unspecified atom stereocenters. The predicted octanol–water partition coefficient (Wildman–Crippen LogP) is 2.15. The van der Waals surface area contributed by atoms with Gasteiger partial charge in [-0.2, -0.15) is 0 Å². The third-order valence-electron chi connectivity index (χ3n) is 3.99. The minimum absolute atomic E-state index is 0.0381. The van der Waals surface area contributed by atoms with E-state index in [0.717, 1.165) is 24.0 Å². The van der Waals surface area contributed by atoms with E-state index in [1.165, 1.54) is 12.8 Å². The van der Waals surface area contributed by atoms with Crippen LogP contribution in [0.15, 0.2) is 24.3 Å². The Bertz CT molecular complexity index is 510. The summed E-state index contributed by atoms with van der Waals surface area (Å²) in [6, 6.07) is 6.98. The lowest BCUT2D eigenvalue weighted by Gasteiger charge is -2.21. The molecule has 1 aromatic carbocycles. The van der Waals surface area contributed by atoms with Crippen molar-refractivity contribution in [2.24, 2.45) is 5.73 Å². The molecule has 21 heavy (non-hydrogen) atoms. The van der Waals surface area contributed by atoms with E-state index in [1.807, 2.05) is 31.2 Å². The molecule has 0 saturated heterocycles. The van der Waals surface area contributed by atoms with E-state index < -0.39 is 6.03 Å². The van der Waals surface area contributed by atoms with Crippen molar-refractivity contribution in [3.05, 3.63) is 35.4 Å². The van der Waals surface area contributed by atoms with Crippen molar-refractivity contribution in [2.45, 2.75) is 51.1 Å². The quantitative estimate of drug-likeness (QED) is 0.776. The molecule has 0 spiro atoms. The highest BCUT2D eigenvalue weighted by molar-refractivity contribution is 5.79. The van der Waals surface area contributed by atoms with Crippen molar-refractivity contribution in [1.82, 2.24) is 10.6 Å². The Labute approximate surface area is 125 Å². The van der Waals surface area contributed by atoms with Crippen LogP contribution in [0.4, 0.5) is 4.79 Å². The van der Waals surface area contributed by atoms with Gasteiger partial charge in [-0.25, -0.2) is 4.79 Å². The zero-order valence-corrected chi connectivity index (χ0v) is 12.4. The first-order valence-corrected chi connectivity index (χ1v) is 7.47. The summed E-state index contributed by atoms with van der Waals surface area (Å²) in [5.41, 5.74) is 7.20. The lowest BCUT2D eigenvalue weighted by molar-refractivity contribution is -0.122. The van der Waals surface area contributed by atoms with Crippen molar-refractivity contribution in [3.8, 4) is 0 Å². The highest BCUT2D eigenvalue weighted by atomic mass is 16.2.